The van der Waals surface area contributed by atoms with E-state index >= 15 is 0 Å². The number of hydrogen-bond donors (Lipinski definition) is 3. The van der Waals surface area contributed by atoms with Crippen molar-refractivity contribution in [2.24, 2.45) is 5.84 Å². The smallest absolute Gasteiger partial charge is 0.255 e. The quantitative estimate of drug-likeness (QED) is 0.520. The average molecular weight is 244 g/mol. The minimum absolute atomic E-state index is 0.276. The number of hydrogen-bond acceptors (Lipinski definition) is 6. The summed E-state index contributed by atoms with van der Waals surface area (Å²) in [5.74, 6) is 5.04. The van der Waals surface area contributed by atoms with Crippen molar-refractivity contribution in [1.82, 2.24) is 20.5 Å². The molecule has 2 rings (SSSR count). The van der Waals surface area contributed by atoms with E-state index in [1.54, 1.807) is 30.6 Å². The molecular weight excluding hydrogens is 232 g/mol. The first-order valence-electron chi connectivity index (χ1n) is 5.26. The largest absolute Gasteiger partial charge is 0.346 e. The van der Waals surface area contributed by atoms with E-state index in [0.717, 1.165) is 0 Å². The van der Waals surface area contributed by atoms with Crippen molar-refractivity contribution in [3.05, 3.63) is 48.0 Å². The number of nitrogens with two attached hydrogens (primary N) is 1. The van der Waals surface area contributed by atoms with Crippen LogP contribution in [-0.4, -0.2) is 21.1 Å². The molecule has 7 heteroatoms. The predicted octanol–water partition coefficient (Wildman–Crippen LogP) is 0.0872. The minimum atomic E-state index is -0.276. The van der Waals surface area contributed by atoms with Crippen LogP contribution in [0, 0.1) is 0 Å². The minimum Gasteiger partial charge on any atom is -0.346 e. The van der Waals surface area contributed by atoms with E-state index in [0.29, 0.717) is 23.5 Å². The van der Waals surface area contributed by atoms with Gasteiger partial charge in [-0.1, -0.05) is 0 Å². The summed E-state index contributed by atoms with van der Waals surface area (Å²) in [6, 6.07) is 5.15. The van der Waals surface area contributed by atoms with Crippen molar-refractivity contribution >= 4 is 11.6 Å². The first kappa shape index (κ1) is 11.9. The van der Waals surface area contributed by atoms with Crippen LogP contribution in [-0.2, 0) is 6.54 Å². The van der Waals surface area contributed by atoms with Gasteiger partial charge in [0.05, 0.1) is 23.5 Å². The number of hydrazine groups is 1. The molecule has 0 aliphatic heterocycles. The topological polar surface area (TPSA) is 106 Å². The van der Waals surface area contributed by atoms with Crippen LogP contribution < -0.4 is 16.6 Å². The maximum Gasteiger partial charge on any atom is 0.255 e. The van der Waals surface area contributed by atoms with Crippen molar-refractivity contribution in [2.75, 3.05) is 5.43 Å². The lowest BCUT2D eigenvalue weighted by Gasteiger charge is -2.08. The highest BCUT2D eigenvalue weighted by Crippen LogP contribution is 2.11. The number of nitrogen functional groups attached to an aromatic ring is 1. The highest BCUT2D eigenvalue weighted by Gasteiger charge is 2.10. The lowest BCUT2D eigenvalue weighted by atomic mass is 10.2. The number of pyridine rings is 1. The van der Waals surface area contributed by atoms with Crippen LogP contribution in [0.15, 0.2) is 36.8 Å². The number of aromatic nitrogens is 3. The molecule has 0 saturated carbocycles. The van der Waals surface area contributed by atoms with Crippen molar-refractivity contribution in [3.63, 3.8) is 0 Å². The van der Waals surface area contributed by atoms with Gasteiger partial charge >= 0.3 is 0 Å². The number of rotatable bonds is 4. The summed E-state index contributed by atoms with van der Waals surface area (Å²) in [7, 11) is 0. The number of nitrogens with zero attached hydrogens (tertiary/aromatic N) is 3. The number of carbonyl (C=O) groups is 1. The number of anilines is 1. The fourth-order valence-corrected chi connectivity index (χ4v) is 1.40. The lowest BCUT2D eigenvalue weighted by Crippen LogP contribution is -2.25. The Morgan fingerprint density at radius 3 is 2.94 bits per heavy atom. The summed E-state index contributed by atoms with van der Waals surface area (Å²) in [5.41, 5.74) is 4.02. The van der Waals surface area contributed by atoms with Crippen LogP contribution in [0.5, 0.6) is 0 Å². The molecule has 0 fully saturated rings. The van der Waals surface area contributed by atoms with Crippen molar-refractivity contribution in [3.8, 4) is 0 Å². The fraction of sp³-hybridized carbons (Fsp3) is 0.0909. The highest BCUT2D eigenvalue weighted by atomic mass is 16.1. The van der Waals surface area contributed by atoms with E-state index in [4.69, 9.17) is 5.84 Å². The molecule has 18 heavy (non-hydrogen) atoms. The van der Waals surface area contributed by atoms with Crippen molar-refractivity contribution in [1.29, 1.82) is 0 Å². The molecule has 0 bridgehead atoms. The fourth-order valence-electron chi connectivity index (χ4n) is 1.40. The van der Waals surface area contributed by atoms with Gasteiger partial charge in [0.25, 0.3) is 5.91 Å². The summed E-state index contributed by atoms with van der Waals surface area (Å²) in [5, 5.41) is 10.3. The Balaban J connectivity index is 2.04. The molecule has 0 spiro atoms. The van der Waals surface area contributed by atoms with Crippen LogP contribution >= 0.6 is 0 Å². The normalized spacial score (nSPS) is 9.83. The number of amides is 1. The average Bonchev–Trinajstić information content (AvgIpc) is 2.45. The Morgan fingerprint density at radius 1 is 1.33 bits per heavy atom. The van der Waals surface area contributed by atoms with Gasteiger partial charge in [0, 0.05) is 18.6 Å². The summed E-state index contributed by atoms with van der Waals surface area (Å²) < 4.78 is 0. The second kappa shape index (κ2) is 5.69. The van der Waals surface area contributed by atoms with E-state index in [2.05, 4.69) is 25.9 Å². The molecule has 2 aromatic rings. The van der Waals surface area contributed by atoms with Gasteiger partial charge in [0.1, 0.15) is 0 Å². The highest BCUT2D eigenvalue weighted by molar-refractivity contribution is 5.99. The summed E-state index contributed by atoms with van der Waals surface area (Å²) in [6.07, 6.45) is 4.57. The van der Waals surface area contributed by atoms with E-state index in [9.17, 15) is 4.79 Å². The lowest BCUT2D eigenvalue weighted by molar-refractivity contribution is 0.0950. The van der Waals surface area contributed by atoms with E-state index < -0.39 is 0 Å². The molecule has 0 aliphatic rings. The zero-order valence-electron chi connectivity index (χ0n) is 9.50. The Kier molecular flexibility index (Phi) is 3.77. The molecule has 2 aromatic heterocycles. The first-order chi connectivity index (χ1) is 8.81. The summed E-state index contributed by atoms with van der Waals surface area (Å²) in [4.78, 5) is 15.8. The van der Waals surface area contributed by atoms with Crippen LogP contribution in [0.4, 0.5) is 5.69 Å². The van der Waals surface area contributed by atoms with Gasteiger partial charge in [-0.05, 0) is 18.2 Å². The van der Waals surface area contributed by atoms with Gasteiger partial charge in [-0.2, -0.15) is 10.2 Å². The van der Waals surface area contributed by atoms with E-state index in [1.165, 1.54) is 6.20 Å². The monoisotopic (exact) mass is 244 g/mol. The Hall–Kier alpha value is -2.54. The molecular formula is C11H12N6O. The molecule has 0 saturated heterocycles. The summed E-state index contributed by atoms with van der Waals surface area (Å²) >= 11 is 0. The summed E-state index contributed by atoms with van der Waals surface area (Å²) in [6.45, 7) is 0.297. The van der Waals surface area contributed by atoms with E-state index in [-0.39, 0.29) is 5.91 Å². The van der Waals surface area contributed by atoms with Gasteiger partial charge in [0.2, 0.25) is 0 Å². The Labute approximate surface area is 103 Å². The molecule has 0 aromatic carbocycles. The maximum absolute atomic E-state index is 11.9. The molecule has 92 valence electrons. The molecule has 0 atom stereocenters. The third kappa shape index (κ3) is 2.77. The zero-order chi connectivity index (χ0) is 12.8. The van der Waals surface area contributed by atoms with Crippen LogP contribution in [0.3, 0.4) is 0 Å². The van der Waals surface area contributed by atoms with Crippen molar-refractivity contribution in [2.45, 2.75) is 6.54 Å². The molecule has 7 nitrogen and oxygen atoms in total. The third-order valence-electron chi connectivity index (χ3n) is 2.28. The SMILES string of the molecule is NNc1ccncc1C(=O)NCc1cccnn1. The molecule has 4 N–H and O–H groups in total. The zero-order valence-corrected chi connectivity index (χ0v) is 9.50. The van der Waals surface area contributed by atoms with Crippen LogP contribution in [0.1, 0.15) is 16.1 Å². The van der Waals surface area contributed by atoms with Crippen molar-refractivity contribution < 1.29 is 4.79 Å². The number of carbonyl (C=O) groups excluding carboxylic acids is 1. The third-order valence-corrected chi connectivity index (χ3v) is 2.28. The molecule has 0 radical (unpaired) electrons. The number of nitrogens with one attached hydrogen (secondary N) is 2. The van der Waals surface area contributed by atoms with Gasteiger partial charge < -0.3 is 10.7 Å². The van der Waals surface area contributed by atoms with Gasteiger partial charge in [-0.3, -0.25) is 15.6 Å². The molecule has 2 heterocycles. The Morgan fingerprint density at radius 2 is 2.22 bits per heavy atom. The molecule has 0 unspecified atom stereocenters. The van der Waals surface area contributed by atoms with Gasteiger partial charge in [0.15, 0.2) is 0 Å². The second-order valence-electron chi connectivity index (χ2n) is 3.46. The first-order valence-corrected chi connectivity index (χ1v) is 5.26. The predicted molar refractivity (Wildman–Crippen MR) is 65.2 cm³/mol. The molecule has 1 amide bonds. The second-order valence-corrected chi connectivity index (χ2v) is 3.46. The van der Waals surface area contributed by atoms with Crippen LogP contribution in [0.2, 0.25) is 0 Å². The standard InChI is InChI=1S/C11H12N6O/c12-16-10-3-5-13-7-9(10)11(18)14-6-8-2-1-4-15-17-8/h1-5,7H,6,12H2,(H,13,16)(H,14,18). The Bertz CT molecular complexity index is 530. The molecule has 0 aliphatic carbocycles. The van der Waals surface area contributed by atoms with E-state index in [1.807, 2.05) is 0 Å². The van der Waals surface area contributed by atoms with Gasteiger partial charge in [-0.15, -0.1) is 0 Å². The van der Waals surface area contributed by atoms with Gasteiger partial charge in [-0.25, -0.2) is 0 Å². The van der Waals surface area contributed by atoms with Crippen LogP contribution in [0.25, 0.3) is 0 Å². The maximum atomic E-state index is 11.9.